The minimum Gasteiger partial charge on any atom is -0.338 e. The first-order chi connectivity index (χ1) is 8.08. The van der Waals surface area contributed by atoms with E-state index in [-0.39, 0.29) is 5.91 Å². The fourth-order valence-electron chi connectivity index (χ4n) is 2.01. The van der Waals surface area contributed by atoms with E-state index in [0.29, 0.717) is 10.7 Å². The van der Waals surface area contributed by atoms with Gasteiger partial charge in [-0.2, -0.15) is 0 Å². The third kappa shape index (κ3) is 3.10. The highest BCUT2D eigenvalue weighted by molar-refractivity contribution is 9.10. The lowest BCUT2D eigenvalue weighted by Crippen LogP contribution is -2.43. The highest BCUT2D eigenvalue weighted by Gasteiger charge is 2.27. The van der Waals surface area contributed by atoms with Gasteiger partial charge in [0.05, 0.1) is 0 Å². The molecule has 0 saturated carbocycles. The summed E-state index contributed by atoms with van der Waals surface area (Å²) in [6, 6.07) is 7.58. The monoisotopic (exact) mass is 359 g/mol. The molecule has 2 atom stereocenters. The van der Waals surface area contributed by atoms with Gasteiger partial charge in [0, 0.05) is 28.0 Å². The number of benzene rings is 1. The van der Waals surface area contributed by atoms with Gasteiger partial charge in [0.1, 0.15) is 0 Å². The van der Waals surface area contributed by atoms with Gasteiger partial charge in [-0.1, -0.05) is 44.8 Å². The molecule has 17 heavy (non-hydrogen) atoms. The number of rotatable bonds is 1. The number of amides is 1. The van der Waals surface area contributed by atoms with Crippen molar-refractivity contribution in [3.63, 3.8) is 0 Å². The summed E-state index contributed by atoms with van der Waals surface area (Å²) in [7, 11) is 0. The van der Waals surface area contributed by atoms with Crippen LogP contribution in [0.3, 0.4) is 0 Å². The van der Waals surface area contributed by atoms with Gasteiger partial charge in [-0.25, -0.2) is 0 Å². The molecule has 0 N–H and O–H groups in total. The van der Waals surface area contributed by atoms with Crippen molar-refractivity contribution in [2.24, 2.45) is 5.92 Å². The molecule has 1 aliphatic rings. The third-order valence-corrected chi connectivity index (χ3v) is 4.91. The van der Waals surface area contributed by atoms with Gasteiger partial charge < -0.3 is 4.90 Å². The number of likely N-dealkylation sites (tertiary alicyclic amines) is 1. The van der Waals surface area contributed by atoms with Crippen LogP contribution in [0.5, 0.6) is 0 Å². The molecule has 2 rings (SSSR count). The number of alkyl halides is 1. The third-order valence-electron chi connectivity index (χ3n) is 3.23. The summed E-state index contributed by atoms with van der Waals surface area (Å²) in [6.07, 6.45) is 1.07. The van der Waals surface area contributed by atoms with E-state index >= 15 is 0 Å². The van der Waals surface area contributed by atoms with E-state index < -0.39 is 0 Å². The van der Waals surface area contributed by atoms with Crippen LogP contribution in [0.25, 0.3) is 0 Å². The standard InChI is InChI=1S/C13H15Br2NO/c1-9-5-6-16(8-12(9)15)13(17)10-3-2-4-11(14)7-10/h2-4,7,9,12H,5-6,8H2,1H3. The highest BCUT2D eigenvalue weighted by atomic mass is 79.9. The van der Waals surface area contributed by atoms with E-state index in [0.717, 1.165) is 29.5 Å². The Labute approximate surface area is 119 Å². The topological polar surface area (TPSA) is 20.3 Å². The molecule has 1 heterocycles. The van der Waals surface area contributed by atoms with Crippen LogP contribution in [0, 0.1) is 5.92 Å². The van der Waals surface area contributed by atoms with E-state index in [1.54, 1.807) is 0 Å². The fourth-order valence-corrected chi connectivity index (χ4v) is 3.02. The lowest BCUT2D eigenvalue weighted by Gasteiger charge is -2.34. The molecular weight excluding hydrogens is 346 g/mol. The molecule has 2 unspecified atom stereocenters. The van der Waals surface area contributed by atoms with E-state index in [1.165, 1.54) is 0 Å². The molecule has 1 saturated heterocycles. The van der Waals surface area contributed by atoms with E-state index in [9.17, 15) is 4.79 Å². The fraction of sp³-hybridized carbons (Fsp3) is 0.462. The number of carbonyl (C=O) groups excluding carboxylic acids is 1. The number of carbonyl (C=O) groups is 1. The molecule has 1 aromatic rings. The molecular formula is C13H15Br2NO. The van der Waals surface area contributed by atoms with Crippen LogP contribution in [0.1, 0.15) is 23.7 Å². The van der Waals surface area contributed by atoms with Gasteiger partial charge in [-0.3, -0.25) is 4.79 Å². The molecule has 0 aliphatic carbocycles. The predicted molar refractivity (Wildman–Crippen MR) is 76.5 cm³/mol. The Balaban J connectivity index is 2.10. The molecule has 1 aliphatic heterocycles. The predicted octanol–water partition coefficient (Wildman–Crippen LogP) is 3.69. The van der Waals surface area contributed by atoms with Crippen molar-refractivity contribution in [2.45, 2.75) is 18.2 Å². The molecule has 0 bridgehead atoms. The average molecular weight is 361 g/mol. The molecule has 0 radical (unpaired) electrons. The number of nitrogens with zero attached hydrogens (tertiary/aromatic N) is 1. The Bertz CT molecular complexity index is 422. The Morgan fingerprint density at radius 3 is 2.88 bits per heavy atom. The summed E-state index contributed by atoms with van der Waals surface area (Å²) < 4.78 is 0.948. The molecule has 1 fully saturated rings. The maximum absolute atomic E-state index is 12.3. The second kappa shape index (κ2) is 5.53. The maximum Gasteiger partial charge on any atom is 0.253 e. The van der Waals surface area contributed by atoms with Crippen molar-refractivity contribution in [3.05, 3.63) is 34.3 Å². The molecule has 4 heteroatoms. The number of hydrogen-bond donors (Lipinski definition) is 0. The summed E-state index contributed by atoms with van der Waals surface area (Å²) in [5, 5.41) is 0. The highest BCUT2D eigenvalue weighted by Crippen LogP contribution is 2.24. The molecule has 92 valence electrons. The first-order valence-corrected chi connectivity index (χ1v) is 7.47. The Hall–Kier alpha value is -0.350. The van der Waals surface area contributed by atoms with Crippen molar-refractivity contribution < 1.29 is 4.79 Å². The minimum atomic E-state index is 0.127. The van der Waals surface area contributed by atoms with Crippen molar-refractivity contribution in [1.29, 1.82) is 0 Å². The summed E-state index contributed by atoms with van der Waals surface area (Å²) in [4.78, 5) is 14.6. The van der Waals surface area contributed by atoms with Crippen LogP contribution in [0.15, 0.2) is 28.7 Å². The second-order valence-corrected chi connectivity index (χ2v) is 6.64. The zero-order chi connectivity index (χ0) is 12.4. The Kier molecular flexibility index (Phi) is 4.26. The summed E-state index contributed by atoms with van der Waals surface area (Å²) in [6.45, 7) is 3.88. The van der Waals surface area contributed by atoms with Crippen LogP contribution < -0.4 is 0 Å². The van der Waals surface area contributed by atoms with Crippen LogP contribution in [-0.4, -0.2) is 28.7 Å². The average Bonchev–Trinajstić information content (AvgIpc) is 2.32. The Morgan fingerprint density at radius 1 is 1.47 bits per heavy atom. The summed E-state index contributed by atoms with van der Waals surface area (Å²) in [5.41, 5.74) is 0.758. The van der Waals surface area contributed by atoms with Crippen molar-refractivity contribution in [2.75, 3.05) is 13.1 Å². The van der Waals surface area contributed by atoms with Crippen molar-refractivity contribution in [1.82, 2.24) is 4.90 Å². The van der Waals surface area contributed by atoms with Crippen LogP contribution >= 0.6 is 31.9 Å². The largest absolute Gasteiger partial charge is 0.338 e. The lowest BCUT2D eigenvalue weighted by molar-refractivity contribution is 0.0706. The van der Waals surface area contributed by atoms with E-state index in [4.69, 9.17) is 0 Å². The van der Waals surface area contributed by atoms with Crippen LogP contribution in [-0.2, 0) is 0 Å². The number of piperidine rings is 1. The van der Waals surface area contributed by atoms with Gasteiger partial charge in [-0.05, 0) is 30.5 Å². The van der Waals surface area contributed by atoms with E-state index in [1.807, 2.05) is 29.2 Å². The quantitative estimate of drug-likeness (QED) is 0.699. The van der Waals surface area contributed by atoms with Crippen LogP contribution in [0.4, 0.5) is 0 Å². The zero-order valence-corrected chi connectivity index (χ0v) is 12.9. The number of hydrogen-bond acceptors (Lipinski definition) is 1. The normalized spacial score (nSPS) is 24.8. The minimum absolute atomic E-state index is 0.127. The first kappa shape index (κ1) is 13.1. The van der Waals surface area contributed by atoms with Gasteiger partial charge in [0.2, 0.25) is 0 Å². The zero-order valence-electron chi connectivity index (χ0n) is 9.70. The number of halogens is 2. The molecule has 0 aromatic heterocycles. The lowest BCUT2D eigenvalue weighted by atomic mass is 9.98. The van der Waals surface area contributed by atoms with Crippen molar-refractivity contribution >= 4 is 37.8 Å². The van der Waals surface area contributed by atoms with Crippen LogP contribution in [0.2, 0.25) is 0 Å². The van der Waals surface area contributed by atoms with Gasteiger partial charge in [0.15, 0.2) is 0 Å². The Morgan fingerprint density at radius 2 is 2.24 bits per heavy atom. The molecule has 0 spiro atoms. The van der Waals surface area contributed by atoms with Gasteiger partial charge in [0.25, 0.3) is 5.91 Å². The SMILES string of the molecule is CC1CCN(C(=O)c2cccc(Br)c2)CC1Br. The second-order valence-electron chi connectivity index (χ2n) is 4.54. The van der Waals surface area contributed by atoms with E-state index in [2.05, 4.69) is 38.8 Å². The summed E-state index contributed by atoms with van der Waals surface area (Å²) in [5.74, 6) is 0.768. The molecule has 1 amide bonds. The van der Waals surface area contributed by atoms with Gasteiger partial charge in [-0.15, -0.1) is 0 Å². The summed E-state index contributed by atoms with van der Waals surface area (Å²) >= 11 is 7.04. The van der Waals surface area contributed by atoms with Crippen molar-refractivity contribution in [3.8, 4) is 0 Å². The first-order valence-electron chi connectivity index (χ1n) is 5.77. The maximum atomic E-state index is 12.3. The van der Waals surface area contributed by atoms with Gasteiger partial charge >= 0.3 is 0 Å². The molecule has 1 aromatic carbocycles. The molecule has 2 nitrogen and oxygen atoms in total. The smallest absolute Gasteiger partial charge is 0.253 e.